The van der Waals surface area contributed by atoms with Crippen molar-refractivity contribution >= 4 is 0 Å². The first kappa shape index (κ1) is 7.70. The van der Waals surface area contributed by atoms with Gasteiger partial charge in [0, 0.05) is 18.3 Å². The van der Waals surface area contributed by atoms with Crippen molar-refractivity contribution in [3.63, 3.8) is 0 Å². The minimum atomic E-state index is 0.571. The zero-order chi connectivity index (χ0) is 8.10. The van der Waals surface area contributed by atoms with Crippen LogP contribution in [0.1, 0.15) is 11.3 Å². The van der Waals surface area contributed by atoms with Gasteiger partial charge in [0.25, 0.3) is 0 Å². The highest BCUT2D eigenvalue weighted by molar-refractivity contribution is 5.28. The fourth-order valence-electron chi connectivity index (χ4n) is 0.832. The van der Waals surface area contributed by atoms with Gasteiger partial charge in [-0.2, -0.15) is 5.26 Å². The van der Waals surface area contributed by atoms with Crippen LogP contribution in [0.2, 0.25) is 0 Å². The second-order valence-electron chi connectivity index (χ2n) is 2.19. The summed E-state index contributed by atoms with van der Waals surface area (Å²) in [4.78, 5) is 4.05. The standard InChI is InChI=1S/C8H9N3/c9-3-1-8-5-7(6-10)2-4-11-8/h2,4-5H,1,3,9H2. The SMILES string of the molecule is N#Cc1ccnc(CCN)c1. The van der Waals surface area contributed by atoms with Gasteiger partial charge in [0.15, 0.2) is 0 Å². The average Bonchev–Trinajstić information content (AvgIpc) is 2.06. The normalized spacial score (nSPS) is 9.09. The van der Waals surface area contributed by atoms with Crippen molar-refractivity contribution < 1.29 is 0 Å². The third kappa shape index (κ3) is 2.03. The van der Waals surface area contributed by atoms with Gasteiger partial charge < -0.3 is 5.73 Å². The maximum absolute atomic E-state index is 8.52. The lowest BCUT2D eigenvalue weighted by Crippen LogP contribution is -2.04. The van der Waals surface area contributed by atoms with E-state index < -0.39 is 0 Å². The van der Waals surface area contributed by atoms with Crippen molar-refractivity contribution in [2.24, 2.45) is 5.73 Å². The van der Waals surface area contributed by atoms with Gasteiger partial charge in [0.1, 0.15) is 0 Å². The Kier molecular flexibility index (Phi) is 2.59. The molecule has 0 saturated heterocycles. The predicted octanol–water partition coefficient (Wildman–Crippen LogP) is 0.454. The predicted molar refractivity (Wildman–Crippen MR) is 41.7 cm³/mol. The molecule has 0 spiro atoms. The summed E-state index contributed by atoms with van der Waals surface area (Å²) in [6.07, 6.45) is 2.36. The second kappa shape index (κ2) is 3.69. The molecule has 0 aliphatic carbocycles. The Morgan fingerprint density at radius 3 is 3.09 bits per heavy atom. The summed E-state index contributed by atoms with van der Waals surface area (Å²) >= 11 is 0. The highest BCUT2D eigenvalue weighted by Gasteiger charge is 1.93. The summed E-state index contributed by atoms with van der Waals surface area (Å²) in [6, 6.07) is 5.48. The first-order valence-electron chi connectivity index (χ1n) is 3.42. The number of hydrogen-bond acceptors (Lipinski definition) is 3. The van der Waals surface area contributed by atoms with Crippen molar-refractivity contribution in [1.82, 2.24) is 4.98 Å². The maximum atomic E-state index is 8.52. The van der Waals surface area contributed by atoms with Crippen molar-refractivity contribution in [3.05, 3.63) is 29.6 Å². The van der Waals surface area contributed by atoms with Crippen LogP contribution in [0.5, 0.6) is 0 Å². The van der Waals surface area contributed by atoms with Crippen LogP contribution < -0.4 is 5.73 Å². The summed E-state index contributed by atoms with van der Waals surface area (Å²) < 4.78 is 0. The van der Waals surface area contributed by atoms with E-state index in [1.165, 1.54) is 0 Å². The molecule has 1 rings (SSSR count). The van der Waals surface area contributed by atoms with Gasteiger partial charge in [-0.05, 0) is 18.7 Å². The third-order valence-corrected chi connectivity index (χ3v) is 1.35. The fraction of sp³-hybridized carbons (Fsp3) is 0.250. The van der Waals surface area contributed by atoms with Crippen LogP contribution in [0.25, 0.3) is 0 Å². The van der Waals surface area contributed by atoms with Crippen LogP contribution in [-0.4, -0.2) is 11.5 Å². The number of aromatic nitrogens is 1. The molecule has 0 amide bonds. The van der Waals surface area contributed by atoms with Crippen LogP contribution in [0.3, 0.4) is 0 Å². The molecule has 0 bridgehead atoms. The number of rotatable bonds is 2. The van der Waals surface area contributed by atoms with E-state index in [9.17, 15) is 0 Å². The molecule has 0 saturated carbocycles. The van der Waals surface area contributed by atoms with Crippen molar-refractivity contribution in [3.8, 4) is 6.07 Å². The number of nitrogens with two attached hydrogens (primary N) is 1. The van der Waals surface area contributed by atoms with Crippen molar-refractivity contribution in [2.45, 2.75) is 6.42 Å². The van der Waals surface area contributed by atoms with Gasteiger partial charge in [-0.3, -0.25) is 4.98 Å². The van der Waals surface area contributed by atoms with E-state index in [2.05, 4.69) is 4.98 Å². The number of pyridine rings is 1. The topological polar surface area (TPSA) is 62.7 Å². The summed E-state index contributed by atoms with van der Waals surface area (Å²) in [7, 11) is 0. The molecule has 11 heavy (non-hydrogen) atoms. The molecule has 0 aliphatic heterocycles. The Labute approximate surface area is 65.5 Å². The molecule has 0 aliphatic rings. The van der Waals surface area contributed by atoms with Crippen molar-refractivity contribution in [1.29, 1.82) is 5.26 Å². The molecule has 3 heteroatoms. The van der Waals surface area contributed by atoms with E-state index in [0.29, 0.717) is 12.1 Å². The fourth-order valence-corrected chi connectivity index (χ4v) is 0.832. The van der Waals surface area contributed by atoms with Gasteiger partial charge in [0.05, 0.1) is 11.6 Å². The van der Waals surface area contributed by atoms with E-state index in [0.717, 1.165) is 12.1 Å². The van der Waals surface area contributed by atoms with E-state index >= 15 is 0 Å². The highest BCUT2D eigenvalue weighted by Crippen LogP contribution is 1.99. The first-order valence-corrected chi connectivity index (χ1v) is 3.42. The molecular formula is C8H9N3. The van der Waals surface area contributed by atoms with Gasteiger partial charge in [-0.25, -0.2) is 0 Å². The lowest BCUT2D eigenvalue weighted by molar-refractivity contribution is 0.922. The maximum Gasteiger partial charge on any atom is 0.0992 e. The first-order chi connectivity index (χ1) is 5.36. The third-order valence-electron chi connectivity index (χ3n) is 1.35. The van der Waals surface area contributed by atoms with Gasteiger partial charge in [0.2, 0.25) is 0 Å². The zero-order valence-corrected chi connectivity index (χ0v) is 6.12. The Balaban J connectivity index is 2.85. The van der Waals surface area contributed by atoms with E-state index in [4.69, 9.17) is 11.0 Å². The summed E-state index contributed by atoms with van der Waals surface area (Å²) in [5.41, 5.74) is 6.85. The molecular weight excluding hydrogens is 138 g/mol. The smallest absolute Gasteiger partial charge is 0.0992 e. The summed E-state index contributed by atoms with van der Waals surface area (Å²) in [5.74, 6) is 0. The highest BCUT2D eigenvalue weighted by atomic mass is 14.7. The number of nitriles is 1. The Morgan fingerprint density at radius 2 is 2.45 bits per heavy atom. The monoisotopic (exact) mass is 147 g/mol. The molecule has 2 N–H and O–H groups in total. The Morgan fingerprint density at radius 1 is 1.64 bits per heavy atom. The molecule has 0 aromatic carbocycles. The van der Waals surface area contributed by atoms with E-state index in [1.807, 2.05) is 6.07 Å². The molecule has 0 radical (unpaired) electrons. The van der Waals surface area contributed by atoms with Crippen LogP contribution >= 0.6 is 0 Å². The number of hydrogen-bond donors (Lipinski definition) is 1. The van der Waals surface area contributed by atoms with Crippen molar-refractivity contribution in [2.75, 3.05) is 6.54 Å². The average molecular weight is 147 g/mol. The molecule has 1 aromatic heterocycles. The van der Waals surface area contributed by atoms with Crippen LogP contribution in [0.4, 0.5) is 0 Å². The Bertz CT molecular complexity index is 275. The molecule has 56 valence electrons. The van der Waals surface area contributed by atoms with Crippen LogP contribution in [0, 0.1) is 11.3 Å². The summed E-state index contributed by atoms with van der Waals surface area (Å²) in [6.45, 7) is 0.571. The molecule has 1 heterocycles. The molecule has 0 atom stereocenters. The molecule has 1 aromatic rings. The minimum Gasteiger partial charge on any atom is -0.330 e. The number of nitrogens with zero attached hydrogens (tertiary/aromatic N) is 2. The summed E-state index contributed by atoms with van der Waals surface area (Å²) in [5, 5.41) is 8.52. The molecule has 0 unspecified atom stereocenters. The van der Waals surface area contributed by atoms with Crippen LogP contribution in [-0.2, 0) is 6.42 Å². The van der Waals surface area contributed by atoms with Crippen LogP contribution in [0.15, 0.2) is 18.3 Å². The van der Waals surface area contributed by atoms with E-state index in [-0.39, 0.29) is 0 Å². The molecule has 0 fully saturated rings. The van der Waals surface area contributed by atoms with Gasteiger partial charge in [-0.15, -0.1) is 0 Å². The lowest BCUT2D eigenvalue weighted by Gasteiger charge is -1.95. The zero-order valence-electron chi connectivity index (χ0n) is 6.12. The quantitative estimate of drug-likeness (QED) is 0.660. The van der Waals surface area contributed by atoms with E-state index in [1.54, 1.807) is 18.3 Å². The molecule has 3 nitrogen and oxygen atoms in total. The minimum absolute atomic E-state index is 0.571. The largest absolute Gasteiger partial charge is 0.330 e. The van der Waals surface area contributed by atoms with Gasteiger partial charge in [-0.1, -0.05) is 0 Å². The second-order valence-corrected chi connectivity index (χ2v) is 2.19. The van der Waals surface area contributed by atoms with Gasteiger partial charge >= 0.3 is 0 Å². The lowest BCUT2D eigenvalue weighted by atomic mass is 10.2. The Hall–Kier alpha value is -1.40.